The van der Waals surface area contributed by atoms with Crippen molar-refractivity contribution in [2.75, 3.05) is 6.54 Å². The number of aliphatic carboxylic acids is 1. The van der Waals surface area contributed by atoms with E-state index in [0.29, 0.717) is 6.42 Å². The first-order valence-corrected chi connectivity index (χ1v) is 4.93. The number of amides is 1. The van der Waals surface area contributed by atoms with Crippen molar-refractivity contribution in [2.24, 2.45) is 5.73 Å². The SMILES string of the molecule is CCC[C@@H](N)C(=O)NCCC(O)C(=O)O. The number of hydrogen-bond donors (Lipinski definition) is 4. The molecule has 0 radical (unpaired) electrons. The second-order valence-electron chi connectivity index (χ2n) is 3.33. The summed E-state index contributed by atoms with van der Waals surface area (Å²) in [5.74, 6) is -1.60. The van der Waals surface area contributed by atoms with Crippen LogP contribution in [0.3, 0.4) is 0 Å². The second-order valence-corrected chi connectivity index (χ2v) is 3.33. The van der Waals surface area contributed by atoms with Crippen LogP contribution in [-0.2, 0) is 9.59 Å². The van der Waals surface area contributed by atoms with Crippen molar-refractivity contribution in [1.29, 1.82) is 0 Å². The van der Waals surface area contributed by atoms with Crippen molar-refractivity contribution >= 4 is 11.9 Å². The zero-order valence-electron chi connectivity index (χ0n) is 8.77. The lowest BCUT2D eigenvalue weighted by molar-refractivity contribution is -0.147. The van der Waals surface area contributed by atoms with Crippen molar-refractivity contribution in [3.63, 3.8) is 0 Å². The Kier molecular flexibility index (Phi) is 6.64. The summed E-state index contributed by atoms with van der Waals surface area (Å²) in [5.41, 5.74) is 5.51. The van der Waals surface area contributed by atoms with E-state index in [4.69, 9.17) is 15.9 Å². The van der Waals surface area contributed by atoms with Crippen LogP contribution in [0.25, 0.3) is 0 Å². The van der Waals surface area contributed by atoms with Crippen molar-refractivity contribution in [1.82, 2.24) is 5.32 Å². The lowest BCUT2D eigenvalue weighted by atomic mass is 10.1. The Morgan fingerprint density at radius 1 is 1.40 bits per heavy atom. The van der Waals surface area contributed by atoms with Crippen LogP contribution in [0.5, 0.6) is 0 Å². The van der Waals surface area contributed by atoms with Crippen LogP contribution in [0.1, 0.15) is 26.2 Å². The largest absolute Gasteiger partial charge is 0.479 e. The molecule has 6 nitrogen and oxygen atoms in total. The maximum Gasteiger partial charge on any atom is 0.332 e. The molecule has 5 N–H and O–H groups in total. The number of nitrogens with two attached hydrogens (primary N) is 1. The summed E-state index contributed by atoms with van der Waals surface area (Å²) in [7, 11) is 0. The molecule has 88 valence electrons. The van der Waals surface area contributed by atoms with Crippen molar-refractivity contribution < 1.29 is 19.8 Å². The molecule has 0 heterocycles. The van der Waals surface area contributed by atoms with E-state index in [1.165, 1.54) is 0 Å². The average molecular weight is 218 g/mol. The summed E-state index contributed by atoms with van der Waals surface area (Å²) < 4.78 is 0. The van der Waals surface area contributed by atoms with E-state index < -0.39 is 18.1 Å². The van der Waals surface area contributed by atoms with E-state index in [-0.39, 0.29) is 18.9 Å². The Bertz CT molecular complexity index is 220. The molecule has 0 spiro atoms. The summed E-state index contributed by atoms with van der Waals surface area (Å²) >= 11 is 0. The molecule has 0 bridgehead atoms. The Labute approximate surface area is 88.5 Å². The third kappa shape index (κ3) is 6.03. The standard InChI is InChI=1S/C9H18N2O4/c1-2-3-6(10)8(13)11-5-4-7(12)9(14)15/h6-7,12H,2-5,10H2,1H3,(H,11,13)(H,14,15)/t6-,7?/m1/s1. The Hall–Kier alpha value is -1.14. The number of aliphatic hydroxyl groups is 1. The molecule has 0 aromatic heterocycles. The number of carbonyl (C=O) groups excluding carboxylic acids is 1. The van der Waals surface area contributed by atoms with Crippen molar-refractivity contribution in [3.05, 3.63) is 0 Å². The van der Waals surface area contributed by atoms with E-state index >= 15 is 0 Å². The molecule has 0 saturated carbocycles. The first-order valence-electron chi connectivity index (χ1n) is 4.93. The van der Waals surface area contributed by atoms with Crippen LogP contribution >= 0.6 is 0 Å². The molecule has 1 unspecified atom stereocenters. The van der Waals surface area contributed by atoms with Gasteiger partial charge in [-0.05, 0) is 6.42 Å². The Morgan fingerprint density at radius 3 is 2.47 bits per heavy atom. The molecule has 15 heavy (non-hydrogen) atoms. The smallest absolute Gasteiger partial charge is 0.332 e. The van der Waals surface area contributed by atoms with E-state index in [0.717, 1.165) is 6.42 Å². The van der Waals surface area contributed by atoms with E-state index in [2.05, 4.69) is 5.32 Å². The van der Waals surface area contributed by atoms with Crippen LogP contribution in [0.4, 0.5) is 0 Å². The molecule has 0 fully saturated rings. The molecular formula is C9H18N2O4. The van der Waals surface area contributed by atoms with E-state index in [1.807, 2.05) is 6.92 Å². The summed E-state index contributed by atoms with van der Waals surface area (Å²) in [6.45, 7) is 2.03. The van der Waals surface area contributed by atoms with Gasteiger partial charge in [0.25, 0.3) is 0 Å². The van der Waals surface area contributed by atoms with Gasteiger partial charge in [0.2, 0.25) is 5.91 Å². The summed E-state index contributed by atoms with van der Waals surface area (Å²) in [6, 6.07) is -0.558. The molecule has 0 aromatic rings. The number of nitrogens with one attached hydrogen (secondary N) is 1. The minimum absolute atomic E-state index is 0.0140. The first-order chi connectivity index (χ1) is 6.99. The van der Waals surface area contributed by atoms with Crippen LogP contribution in [0.15, 0.2) is 0 Å². The maximum atomic E-state index is 11.2. The molecule has 0 aliphatic heterocycles. The van der Waals surface area contributed by atoms with Gasteiger partial charge >= 0.3 is 5.97 Å². The summed E-state index contributed by atoms with van der Waals surface area (Å²) in [4.78, 5) is 21.4. The highest BCUT2D eigenvalue weighted by Gasteiger charge is 2.15. The van der Waals surface area contributed by atoms with Crippen LogP contribution in [0.2, 0.25) is 0 Å². The van der Waals surface area contributed by atoms with Gasteiger partial charge in [0.1, 0.15) is 0 Å². The van der Waals surface area contributed by atoms with Crippen LogP contribution in [0, 0.1) is 0 Å². The van der Waals surface area contributed by atoms with E-state index in [9.17, 15) is 9.59 Å². The predicted octanol–water partition coefficient (Wildman–Crippen LogP) is -0.934. The minimum Gasteiger partial charge on any atom is -0.479 e. The normalized spacial score (nSPS) is 14.3. The van der Waals surface area contributed by atoms with E-state index in [1.54, 1.807) is 0 Å². The van der Waals surface area contributed by atoms with Gasteiger partial charge in [-0.3, -0.25) is 4.79 Å². The fourth-order valence-corrected chi connectivity index (χ4v) is 1.03. The van der Waals surface area contributed by atoms with Gasteiger partial charge in [-0.2, -0.15) is 0 Å². The molecule has 0 aliphatic rings. The number of carboxylic acids is 1. The topological polar surface area (TPSA) is 113 Å². The first kappa shape index (κ1) is 13.9. The number of hydrogen-bond acceptors (Lipinski definition) is 4. The highest BCUT2D eigenvalue weighted by Crippen LogP contribution is 1.94. The molecule has 1 amide bonds. The Balaban J connectivity index is 3.67. The van der Waals surface area contributed by atoms with Gasteiger partial charge in [0, 0.05) is 13.0 Å². The molecular weight excluding hydrogens is 200 g/mol. The van der Waals surface area contributed by atoms with Gasteiger partial charge in [0.15, 0.2) is 6.10 Å². The van der Waals surface area contributed by atoms with Crippen molar-refractivity contribution in [3.8, 4) is 0 Å². The highest BCUT2D eigenvalue weighted by atomic mass is 16.4. The zero-order chi connectivity index (χ0) is 11.8. The molecule has 0 aliphatic carbocycles. The second kappa shape index (κ2) is 7.19. The zero-order valence-corrected chi connectivity index (χ0v) is 8.77. The van der Waals surface area contributed by atoms with Gasteiger partial charge in [-0.1, -0.05) is 13.3 Å². The quantitative estimate of drug-likeness (QED) is 0.441. The average Bonchev–Trinajstić information content (AvgIpc) is 2.17. The molecule has 0 saturated heterocycles. The lowest BCUT2D eigenvalue weighted by Gasteiger charge is -2.11. The third-order valence-electron chi connectivity index (χ3n) is 1.94. The Morgan fingerprint density at radius 2 is 2.00 bits per heavy atom. The van der Waals surface area contributed by atoms with Gasteiger partial charge in [-0.25, -0.2) is 4.79 Å². The minimum atomic E-state index is -1.44. The lowest BCUT2D eigenvalue weighted by Crippen LogP contribution is -2.41. The third-order valence-corrected chi connectivity index (χ3v) is 1.94. The van der Waals surface area contributed by atoms with Crippen molar-refractivity contribution in [2.45, 2.75) is 38.3 Å². The molecule has 0 aromatic carbocycles. The number of carboxylic acid groups (broad SMARTS) is 1. The summed E-state index contributed by atoms with van der Waals surface area (Å²) in [6.07, 6.45) is -0.0488. The van der Waals surface area contributed by atoms with Gasteiger partial charge in [-0.15, -0.1) is 0 Å². The molecule has 6 heteroatoms. The fraction of sp³-hybridized carbons (Fsp3) is 0.778. The fourth-order valence-electron chi connectivity index (χ4n) is 1.03. The maximum absolute atomic E-state index is 11.2. The molecule has 0 rings (SSSR count). The van der Waals surface area contributed by atoms with Crippen LogP contribution in [-0.4, -0.2) is 40.8 Å². The monoisotopic (exact) mass is 218 g/mol. The highest BCUT2D eigenvalue weighted by molar-refractivity contribution is 5.81. The van der Waals surface area contributed by atoms with Crippen LogP contribution < -0.4 is 11.1 Å². The number of carbonyl (C=O) groups is 2. The van der Waals surface area contributed by atoms with Gasteiger partial charge in [0.05, 0.1) is 6.04 Å². The summed E-state index contributed by atoms with van der Waals surface area (Å²) in [5, 5.41) is 19.7. The number of rotatable bonds is 7. The van der Waals surface area contributed by atoms with Gasteiger partial charge < -0.3 is 21.3 Å². The molecule has 2 atom stereocenters. The number of aliphatic hydroxyl groups excluding tert-OH is 1. The predicted molar refractivity (Wildman–Crippen MR) is 54.2 cm³/mol.